The van der Waals surface area contributed by atoms with Gasteiger partial charge in [0.05, 0.1) is 0 Å². The van der Waals surface area contributed by atoms with E-state index in [1.54, 1.807) is 7.11 Å². The van der Waals surface area contributed by atoms with E-state index in [1.165, 1.54) is 11.4 Å². The number of rotatable bonds is 6. The average Bonchev–Trinajstić information content (AvgIpc) is 2.87. The molecule has 0 radical (unpaired) electrons. The van der Waals surface area contributed by atoms with E-state index >= 15 is 0 Å². The Balaban J connectivity index is 2.33. The third-order valence-corrected chi connectivity index (χ3v) is 5.26. The quantitative estimate of drug-likeness (QED) is 0.814. The van der Waals surface area contributed by atoms with Gasteiger partial charge in [0.15, 0.2) is 0 Å². The Morgan fingerprint density at radius 3 is 2.62 bits per heavy atom. The molecule has 0 bridgehead atoms. The van der Waals surface area contributed by atoms with Crippen molar-refractivity contribution < 1.29 is 9.53 Å². The van der Waals surface area contributed by atoms with Crippen molar-refractivity contribution in [3.8, 4) is 17.0 Å². The molecule has 0 saturated carbocycles. The van der Waals surface area contributed by atoms with Gasteiger partial charge < -0.3 is 0 Å². The number of aryl methyl sites for hydroxylation is 1. The number of benzene rings is 1. The van der Waals surface area contributed by atoms with Gasteiger partial charge in [0, 0.05) is 0 Å². The number of ether oxygens (including phenoxy) is 1. The zero-order valence-electron chi connectivity index (χ0n) is 12.6. The van der Waals surface area contributed by atoms with Crippen molar-refractivity contribution in [2.24, 2.45) is 0 Å². The van der Waals surface area contributed by atoms with Crippen LogP contribution in [0.3, 0.4) is 0 Å². The Bertz CT molecular complexity index is 605. The molecule has 2 rings (SSSR count). The predicted octanol–water partition coefficient (Wildman–Crippen LogP) is 3.12. The number of aromatic nitrogens is 1. The van der Waals surface area contributed by atoms with Gasteiger partial charge in [0.2, 0.25) is 0 Å². The van der Waals surface area contributed by atoms with E-state index in [0.29, 0.717) is 0 Å². The summed E-state index contributed by atoms with van der Waals surface area (Å²) in [6.07, 6.45) is 3.36. The van der Waals surface area contributed by atoms with Crippen LogP contribution in [0.1, 0.15) is 31.1 Å². The van der Waals surface area contributed by atoms with Gasteiger partial charge in [-0.1, -0.05) is 0 Å². The maximum absolute atomic E-state index is 11.2. The number of hydrogen-bond donors (Lipinski definition) is 1. The summed E-state index contributed by atoms with van der Waals surface area (Å²) in [5.41, 5.74) is 2.11. The number of methoxy groups -OCH3 is 1. The van der Waals surface area contributed by atoms with Crippen LogP contribution < -0.4 is 10.1 Å². The Morgan fingerprint density at radius 2 is 2.05 bits per heavy atom. The summed E-state index contributed by atoms with van der Waals surface area (Å²) in [5, 5.41) is 2.84. The second-order valence-corrected chi connectivity index (χ2v) is 7.08. The third kappa shape index (κ3) is 4.19. The maximum atomic E-state index is 11.2. The van der Waals surface area contributed by atoms with Crippen LogP contribution in [0.4, 0.5) is 4.69 Å². The van der Waals surface area contributed by atoms with Crippen LogP contribution in [-0.2, 0) is 11.2 Å². The Morgan fingerprint density at radius 1 is 1.33 bits per heavy atom. The van der Waals surface area contributed by atoms with Crippen LogP contribution in [0.5, 0.6) is 5.75 Å². The summed E-state index contributed by atoms with van der Waals surface area (Å²) in [6, 6.07) is 7.93. The van der Waals surface area contributed by atoms with Crippen molar-refractivity contribution in [3.63, 3.8) is 0 Å². The van der Waals surface area contributed by atoms with Crippen molar-refractivity contribution in [1.82, 2.24) is 4.98 Å². The van der Waals surface area contributed by atoms with E-state index < -0.39 is 0 Å². The molecule has 0 spiro atoms. The second-order valence-electron chi connectivity index (χ2n) is 4.80. The summed E-state index contributed by atoms with van der Waals surface area (Å²) in [4.78, 5) is 15.9. The molecule has 1 N–H and O–H groups in total. The molecule has 0 fully saturated rings. The predicted molar refractivity (Wildman–Crippen MR) is 86.1 cm³/mol. The van der Waals surface area contributed by atoms with E-state index in [2.05, 4.69) is 17.2 Å². The number of nitrogens with zero attached hydrogens (tertiary/aromatic N) is 1. The van der Waals surface area contributed by atoms with Gasteiger partial charge in [-0.2, -0.15) is 0 Å². The summed E-state index contributed by atoms with van der Waals surface area (Å²) in [7, 11) is 1.66. The molecule has 0 aliphatic rings. The van der Waals surface area contributed by atoms with Crippen LogP contribution in [0.15, 0.2) is 24.3 Å². The first-order valence-electron chi connectivity index (χ1n) is 7.05. The minimum atomic E-state index is -0.0542. The minimum absolute atomic E-state index is 0.0542. The number of unbranched alkanes of at least 4 members (excludes halogenated alkanes) is 1. The fourth-order valence-electron chi connectivity index (χ4n) is 2.04. The molecule has 1 amide bonds. The van der Waals surface area contributed by atoms with E-state index in [9.17, 15) is 4.79 Å². The van der Waals surface area contributed by atoms with E-state index in [0.717, 1.165) is 41.0 Å². The van der Waals surface area contributed by atoms with Gasteiger partial charge in [-0.05, 0) is 0 Å². The van der Waals surface area contributed by atoms with Crippen molar-refractivity contribution in [2.75, 3.05) is 12.4 Å². The third-order valence-electron chi connectivity index (χ3n) is 3.10. The SMILES string of the molecule is CCCCc1[se]c(NC(C)=O)nc1-c1ccc(OC)cc1. The first-order valence-corrected chi connectivity index (χ1v) is 8.77. The van der Waals surface area contributed by atoms with Gasteiger partial charge in [0.1, 0.15) is 0 Å². The van der Waals surface area contributed by atoms with Gasteiger partial charge in [-0.3, -0.25) is 0 Å². The molecule has 112 valence electrons. The molecule has 0 atom stereocenters. The first kappa shape index (κ1) is 15.8. The standard InChI is InChI=1S/C16H20N2O2Se/c1-4-5-6-14-15(18-16(21-14)17-11(2)19)12-7-9-13(20-3)10-8-12/h7-10H,4-6H2,1-3H3,(H,17,18,19). The van der Waals surface area contributed by atoms with Crippen molar-refractivity contribution >= 4 is 25.1 Å². The Labute approximate surface area is 131 Å². The molecule has 1 aromatic heterocycles. The van der Waals surface area contributed by atoms with Gasteiger partial charge in [-0.15, -0.1) is 0 Å². The first-order chi connectivity index (χ1) is 10.1. The van der Waals surface area contributed by atoms with Gasteiger partial charge in [0.25, 0.3) is 0 Å². The molecule has 4 nitrogen and oxygen atoms in total. The molecular formula is C16H20N2O2Se. The molecule has 0 saturated heterocycles. The second kappa shape index (κ2) is 7.43. The molecule has 0 unspecified atom stereocenters. The van der Waals surface area contributed by atoms with Crippen LogP contribution in [0.25, 0.3) is 11.3 Å². The Kier molecular flexibility index (Phi) is 5.59. The number of amides is 1. The zero-order chi connectivity index (χ0) is 15.2. The van der Waals surface area contributed by atoms with Crippen LogP contribution in [0.2, 0.25) is 0 Å². The van der Waals surface area contributed by atoms with E-state index in [-0.39, 0.29) is 20.4 Å². The molecule has 2 aromatic rings. The molecule has 1 aromatic carbocycles. The summed E-state index contributed by atoms with van der Waals surface area (Å²) < 4.78 is 7.36. The summed E-state index contributed by atoms with van der Waals surface area (Å²) >= 11 is 0.121. The fourth-order valence-corrected chi connectivity index (χ4v) is 4.29. The van der Waals surface area contributed by atoms with Gasteiger partial charge in [-0.25, -0.2) is 0 Å². The van der Waals surface area contributed by atoms with Crippen molar-refractivity contribution in [2.45, 2.75) is 33.1 Å². The number of carbonyl (C=O) groups excluding carboxylic acids is 1. The number of hydrogen-bond acceptors (Lipinski definition) is 3. The van der Waals surface area contributed by atoms with Crippen LogP contribution in [-0.4, -0.2) is 32.5 Å². The number of carbonyl (C=O) groups is 1. The van der Waals surface area contributed by atoms with E-state index in [4.69, 9.17) is 4.74 Å². The molecule has 0 aliphatic heterocycles. The monoisotopic (exact) mass is 352 g/mol. The molecule has 1 heterocycles. The van der Waals surface area contributed by atoms with E-state index in [1.807, 2.05) is 24.3 Å². The summed E-state index contributed by atoms with van der Waals surface area (Å²) in [5.74, 6) is 0.783. The van der Waals surface area contributed by atoms with Crippen molar-refractivity contribution in [3.05, 3.63) is 28.7 Å². The fraction of sp³-hybridized carbons (Fsp3) is 0.375. The topological polar surface area (TPSA) is 51.2 Å². The number of anilines is 1. The Hall–Kier alpha value is -1.58. The van der Waals surface area contributed by atoms with Crippen molar-refractivity contribution in [1.29, 1.82) is 0 Å². The molecular weight excluding hydrogens is 331 g/mol. The zero-order valence-corrected chi connectivity index (χ0v) is 14.3. The van der Waals surface area contributed by atoms with Crippen LogP contribution >= 0.6 is 0 Å². The summed E-state index contributed by atoms with van der Waals surface area (Å²) in [6.45, 7) is 3.71. The van der Waals surface area contributed by atoms with Gasteiger partial charge >= 0.3 is 131 Å². The molecule has 0 aliphatic carbocycles. The van der Waals surface area contributed by atoms with Crippen LogP contribution in [0, 0.1) is 0 Å². The average molecular weight is 351 g/mol. The molecule has 21 heavy (non-hydrogen) atoms. The number of nitrogens with one attached hydrogen (secondary N) is 1. The molecule has 5 heteroatoms. The normalized spacial score (nSPS) is 10.4.